The summed E-state index contributed by atoms with van der Waals surface area (Å²) in [7, 11) is -2.13. The van der Waals surface area contributed by atoms with E-state index in [0.29, 0.717) is 25.9 Å². The Bertz CT molecular complexity index is 1040. The number of ether oxygens (including phenoxy) is 1. The minimum absolute atomic E-state index is 0.0249. The molecule has 0 saturated carbocycles. The van der Waals surface area contributed by atoms with Gasteiger partial charge in [-0.05, 0) is 25.0 Å². The molecule has 2 fully saturated rings. The van der Waals surface area contributed by atoms with Crippen LogP contribution in [0.5, 0.6) is 0 Å². The molecular weight excluding hydrogens is 446 g/mol. The molecule has 2 N–H and O–H groups in total. The number of aromatic nitrogens is 2. The average Bonchev–Trinajstić information content (AvgIpc) is 3.28. The predicted octanol–water partition coefficient (Wildman–Crippen LogP) is 0.346. The Morgan fingerprint density at radius 3 is 2.55 bits per heavy atom. The summed E-state index contributed by atoms with van der Waals surface area (Å²) < 4.78 is 35.2. The van der Waals surface area contributed by atoms with E-state index in [9.17, 15) is 18.3 Å². The smallest absolute Gasteiger partial charge is 0.259 e. The van der Waals surface area contributed by atoms with Crippen LogP contribution < -0.4 is 9.62 Å². The van der Waals surface area contributed by atoms with Crippen LogP contribution in [-0.4, -0.2) is 84.9 Å². The minimum atomic E-state index is -3.82. The highest BCUT2D eigenvalue weighted by molar-refractivity contribution is 7.89. The third-order valence-electron chi connectivity index (χ3n) is 6.21. The normalized spacial score (nSPS) is 24.1. The highest BCUT2D eigenvalue weighted by Crippen LogP contribution is 2.24. The molecule has 0 bridgehead atoms. The number of para-hydroxylation sites is 1. The van der Waals surface area contributed by atoms with Crippen LogP contribution in [0.2, 0.25) is 0 Å². The van der Waals surface area contributed by atoms with Crippen molar-refractivity contribution < 1.29 is 23.1 Å². The first-order valence-electron chi connectivity index (χ1n) is 11.2. The number of hydrogen-bond donors (Lipinski definition) is 2. The number of piperazine rings is 1. The number of benzene rings is 1. The van der Waals surface area contributed by atoms with Crippen molar-refractivity contribution >= 4 is 21.6 Å². The average molecular weight is 478 g/mol. The van der Waals surface area contributed by atoms with Gasteiger partial charge in [-0.2, -0.15) is 0 Å². The number of aryl methyl sites for hydroxylation is 1. The van der Waals surface area contributed by atoms with E-state index in [4.69, 9.17) is 4.74 Å². The Morgan fingerprint density at radius 2 is 1.91 bits per heavy atom. The molecule has 180 valence electrons. The number of nitrogens with zero attached hydrogens (tertiary/aromatic N) is 4. The van der Waals surface area contributed by atoms with Crippen molar-refractivity contribution in [3.05, 3.63) is 42.9 Å². The fourth-order valence-corrected chi connectivity index (χ4v) is 5.66. The molecule has 1 amide bonds. The van der Waals surface area contributed by atoms with Crippen molar-refractivity contribution in [2.45, 2.75) is 42.5 Å². The summed E-state index contributed by atoms with van der Waals surface area (Å²) >= 11 is 0. The van der Waals surface area contributed by atoms with Crippen molar-refractivity contribution in [3.8, 4) is 0 Å². The Labute approximate surface area is 194 Å². The van der Waals surface area contributed by atoms with Crippen LogP contribution in [0.4, 0.5) is 5.69 Å². The van der Waals surface area contributed by atoms with Gasteiger partial charge in [0.25, 0.3) is 10.0 Å². The molecule has 2 saturated heterocycles. The van der Waals surface area contributed by atoms with Crippen LogP contribution >= 0.6 is 0 Å². The number of hydrogen-bond acceptors (Lipinski definition) is 7. The van der Waals surface area contributed by atoms with Crippen LogP contribution in [0.1, 0.15) is 19.3 Å². The molecule has 0 spiro atoms. The molecule has 3 heterocycles. The summed E-state index contributed by atoms with van der Waals surface area (Å²) in [6.07, 6.45) is 2.98. The topological polar surface area (TPSA) is 117 Å². The predicted molar refractivity (Wildman–Crippen MR) is 122 cm³/mol. The third-order valence-corrected chi connectivity index (χ3v) is 7.59. The first-order valence-corrected chi connectivity index (χ1v) is 12.7. The number of nitrogens with one attached hydrogen (secondary N) is 1. The van der Waals surface area contributed by atoms with Gasteiger partial charge in [0.1, 0.15) is 0 Å². The van der Waals surface area contributed by atoms with E-state index < -0.39 is 22.2 Å². The number of rotatable bonds is 7. The zero-order valence-corrected chi connectivity index (χ0v) is 19.5. The Balaban J connectivity index is 1.28. The largest absolute Gasteiger partial charge is 0.394 e. The van der Waals surface area contributed by atoms with E-state index in [1.165, 1.54) is 12.5 Å². The zero-order chi connectivity index (χ0) is 23.4. The molecule has 0 aliphatic carbocycles. The van der Waals surface area contributed by atoms with Gasteiger partial charge in [-0.1, -0.05) is 18.2 Å². The summed E-state index contributed by atoms with van der Waals surface area (Å²) in [5, 5.41) is 9.72. The van der Waals surface area contributed by atoms with Gasteiger partial charge in [0, 0.05) is 45.1 Å². The van der Waals surface area contributed by atoms with E-state index in [1.807, 2.05) is 23.1 Å². The van der Waals surface area contributed by atoms with Crippen molar-refractivity contribution in [3.63, 3.8) is 0 Å². The highest BCUT2D eigenvalue weighted by Gasteiger charge is 2.36. The first-order chi connectivity index (χ1) is 15.9. The summed E-state index contributed by atoms with van der Waals surface area (Å²) in [6.45, 7) is 2.51. The fourth-order valence-electron chi connectivity index (χ4n) is 4.38. The maximum absolute atomic E-state index is 12.8. The van der Waals surface area contributed by atoms with E-state index in [2.05, 4.69) is 26.7 Å². The van der Waals surface area contributed by atoms with Gasteiger partial charge in [0.15, 0.2) is 5.03 Å². The summed E-state index contributed by atoms with van der Waals surface area (Å²) in [4.78, 5) is 20.9. The van der Waals surface area contributed by atoms with Gasteiger partial charge in [-0.25, -0.2) is 18.1 Å². The lowest BCUT2D eigenvalue weighted by Gasteiger charge is -2.38. The van der Waals surface area contributed by atoms with Crippen LogP contribution in [-0.2, 0) is 26.6 Å². The van der Waals surface area contributed by atoms with Crippen molar-refractivity contribution in [1.82, 2.24) is 19.2 Å². The number of imidazole rings is 1. The lowest BCUT2D eigenvalue weighted by atomic mass is 9.97. The molecule has 0 unspecified atom stereocenters. The molecule has 0 radical (unpaired) electrons. The lowest BCUT2D eigenvalue weighted by Crippen LogP contribution is -2.52. The maximum Gasteiger partial charge on any atom is 0.259 e. The molecule has 2 aliphatic rings. The van der Waals surface area contributed by atoms with Crippen LogP contribution in [0.15, 0.2) is 47.9 Å². The van der Waals surface area contributed by atoms with Gasteiger partial charge in [-0.15, -0.1) is 0 Å². The summed E-state index contributed by atoms with van der Waals surface area (Å²) in [5.41, 5.74) is 1.16. The van der Waals surface area contributed by atoms with Crippen molar-refractivity contribution in [1.29, 1.82) is 0 Å². The lowest BCUT2D eigenvalue weighted by molar-refractivity contribution is -0.140. The highest BCUT2D eigenvalue weighted by atomic mass is 32.2. The molecule has 33 heavy (non-hydrogen) atoms. The number of sulfonamides is 1. The third kappa shape index (κ3) is 5.72. The SMILES string of the molecule is Cn1cnc(S(=O)(=O)N[C@@H]2CC[C@H](CC(=O)N3CCN(c4ccccc4)CC3)O[C@@H]2CO)c1. The molecule has 1 aromatic heterocycles. The van der Waals surface area contributed by atoms with Gasteiger partial charge < -0.3 is 24.2 Å². The monoisotopic (exact) mass is 477 g/mol. The quantitative estimate of drug-likeness (QED) is 0.591. The molecule has 2 aromatic rings. The van der Waals surface area contributed by atoms with Crippen molar-refractivity contribution in [2.24, 2.45) is 7.05 Å². The molecule has 4 rings (SSSR count). The number of aliphatic hydroxyl groups is 1. The van der Waals surface area contributed by atoms with E-state index in [-0.39, 0.29) is 30.1 Å². The Hall–Kier alpha value is -2.47. The van der Waals surface area contributed by atoms with Gasteiger partial charge in [0.05, 0.1) is 37.6 Å². The molecule has 10 nitrogen and oxygen atoms in total. The number of aliphatic hydroxyl groups excluding tert-OH is 1. The molecule has 2 aliphatic heterocycles. The minimum Gasteiger partial charge on any atom is -0.394 e. The van der Waals surface area contributed by atoms with Crippen molar-refractivity contribution in [2.75, 3.05) is 37.7 Å². The number of amides is 1. The van der Waals surface area contributed by atoms with Gasteiger partial charge in [0.2, 0.25) is 5.91 Å². The molecular formula is C22H31N5O5S. The summed E-state index contributed by atoms with van der Waals surface area (Å²) in [5.74, 6) is 0.0249. The number of carbonyl (C=O) groups is 1. The number of anilines is 1. The zero-order valence-electron chi connectivity index (χ0n) is 18.7. The Kier molecular flexibility index (Phi) is 7.32. The van der Waals surface area contributed by atoms with Gasteiger partial charge in [-0.3, -0.25) is 4.79 Å². The van der Waals surface area contributed by atoms with E-state index in [0.717, 1.165) is 18.8 Å². The Morgan fingerprint density at radius 1 is 1.18 bits per heavy atom. The summed E-state index contributed by atoms with van der Waals surface area (Å²) in [6, 6.07) is 9.56. The number of carbonyl (C=O) groups excluding carboxylic acids is 1. The molecule has 3 atom stereocenters. The van der Waals surface area contributed by atoms with Crippen LogP contribution in [0, 0.1) is 0 Å². The fraction of sp³-hybridized carbons (Fsp3) is 0.545. The first kappa shape index (κ1) is 23.7. The van der Waals surface area contributed by atoms with E-state index >= 15 is 0 Å². The van der Waals surface area contributed by atoms with E-state index in [1.54, 1.807) is 11.6 Å². The second-order valence-corrected chi connectivity index (χ2v) is 10.2. The second-order valence-electron chi connectivity index (χ2n) is 8.57. The van der Waals surface area contributed by atoms with Crippen LogP contribution in [0.3, 0.4) is 0 Å². The second kappa shape index (κ2) is 10.2. The molecule has 1 aromatic carbocycles. The molecule has 11 heteroatoms. The maximum atomic E-state index is 12.8. The van der Waals surface area contributed by atoms with Gasteiger partial charge >= 0.3 is 0 Å². The standard InChI is InChI=1S/C22H31N5O5S/c1-25-14-21(23-16-25)33(30,31)24-19-8-7-18(32-20(19)15-28)13-22(29)27-11-9-26(10-12-27)17-5-3-2-4-6-17/h2-6,14,16,18-20,24,28H,7-13,15H2,1H3/t18-,19-,20-/m1/s1. The van der Waals surface area contributed by atoms with Crippen LogP contribution in [0.25, 0.3) is 0 Å².